The smallest absolute Gasteiger partial charge is 0.178 e. The molecule has 0 spiro atoms. The first-order chi connectivity index (χ1) is 9.28. The Labute approximate surface area is 111 Å². The molecule has 0 fully saturated rings. The van der Waals surface area contributed by atoms with Crippen LogP contribution in [0.1, 0.15) is 12.5 Å². The van der Waals surface area contributed by atoms with Crippen molar-refractivity contribution in [2.45, 2.75) is 13.8 Å². The lowest BCUT2D eigenvalue weighted by Crippen LogP contribution is -1.95. The van der Waals surface area contributed by atoms with Crippen LogP contribution in [-0.4, -0.2) is 21.6 Å². The Balaban J connectivity index is 2.14. The average Bonchev–Trinajstić information content (AvgIpc) is 2.82. The maximum atomic E-state index is 5.69. The van der Waals surface area contributed by atoms with Gasteiger partial charge in [-0.15, -0.1) is 0 Å². The molecule has 1 aromatic carbocycles. The predicted octanol–water partition coefficient (Wildman–Crippen LogP) is 3.33. The Morgan fingerprint density at radius 3 is 2.95 bits per heavy atom. The van der Waals surface area contributed by atoms with Crippen molar-refractivity contribution in [2.24, 2.45) is 0 Å². The number of rotatable bonds is 3. The molecule has 0 atom stereocenters. The van der Waals surface area contributed by atoms with E-state index in [4.69, 9.17) is 4.74 Å². The number of benzene rings is 1. The molecule has 96 valence electrons. The highest BCUT2D eigenvalue weighted by atomic mass is 16.5. The SMILES string of the molecule is CCOc1cc(C)ccc1-c1nc2ncccc2[nH]1. The van der Waals surface area contributed by atoms with Crippen molar-refractivity contribution in [1.29, 1.82) is 0 Å². The molecule has 19 heavy (non-hydrogen) atoms. The van der Waals surface area contributed by atoms with Crippen molar-refractivity contribution >= 4 is 11.2 Å². The van der Waals surface area contributed by atoms with Gasteiger partial charge in [-0.1, -0.05) is 6.07 Å². The number of pyridine rings is 1. The van der Waals surface area contributed by atoms with Gasteiger partial charge in [0.1, 0.15) is 11.6 Å². The topological polar surface area (TPSA) is 50.8 Å². The van der Waals surface area contributed by atoms with E-state index in [0.717, 1.165) is 28.3 Å². The van der Waals surface area contributed by atoms with Crippen molar-refractivity contribution < 1.29 is 4.74 Å². The van der Waals surface area contributed by atoms with Gasteiger partial charge in [-0.05, 0) is 43.7 Å². The third-order valence-electron chi connectivity index (χ3n) is 2.95. The number of fused-ring (bicyclic) bond motifs is 1. The first kappa shape index (κ1) is 11.7. The van der Waals surface area contributed by atoms with Crippen molar-refractivity contribution in [3.8, 4) is 17.1 Å². The number of hydrogen-bond acceptors (Lipinski definition) is 3. The molecule has 2 aromatic heterocycles. The van der Waals surface area contributed by atoms with E-state index in [-0.39, 0.29) is 0 Å². The van der Waals surface area contributed by atoms with Gasteiger partial charge in [-0.3, -0.25) is 0 Å². The summed E-state index contributed by atoms with van der Waals surface area (Å²) < 4.78 is 5.69. The summed E-state index contributed by atoms with van der Waals surface area (Å²) in [5.41, 5.74) is 3.79. The quantitative estimate of drug-likeness (QED) is 0.779. The van der Waals surface area contributed by atoms with Gasteiger partial charge < -0.3 is 9.72 Å². The van der Waals surface area contributed by atoms with Crippen LogP contribution in [0.25, 0.3) is 22.6 Å². The Kier molecular flexibility index (Phi) is 2.91. The second-order valence-electron chi connectivity index (χ2n) is 4.39. The highest BCUT2D eigenvalue weighted by Gasteiger charge is 2.11. The van der Waals surface area contributed by atoms with Gasteiger partial charge in [-0.2, -0.15) is 0 Å². The molecule has 0 bridgehead atoms. The van der Waals surface area contributed by atoms with Crippen LogP contribution in [0, 0.1) is 6.92 Å². The van der Waals surface area contributed by atoms with E-state index in [0.29, 0.717) is 6.61 Å². The van der Waals surface area contributed by atoms with Gasteiger partial charge in [-0.25, -0.2) is 9.97 Å². The molecule has 0 saturated carbocycles. The van der Waals surface area contributed by atoms with Gasteiger partial charge in [0.15, 0.2) is 5.65 Å². The highest BCUT2D eigenvalue weighted by Crippen LogP contribution is 2.30. The minimum Gasteiger partial charge on any atom is -0.493 e. The van der Waals surface area contributed by atoms with Crippen LogP contribution in [0.4, 0.5) is 0 Å². The number of ether oxygens (including phenoxy) is 1. The highest BCUT2D eigenvalue weighted by molar-refractivity contribution is 5.77. The van der Waals surface area contributed by atoms with Crippen LogP contribution in [0.15, 0.2) is 36.5 Å². The standard InChI is InChI=1S/C15H15N3O/c1-3-19-13-9-10(2)6-7-11(13)14-17-12-5-4-8-16-15(12)18-14/h4-9H,3H2,1-2H3,(H,16,17,18). The summed E-state index contributed by atoms with van der Waals surface area (Å²) in [7, 11) is 0. The molecule has 1 N–H and O–H groups in total. The monoisotopic (exact) mass is 253 g/mol. The van der Waals surface area contributed by atoms with E-state index in [2.05, 4.69) is 21.0 Å². The number of aryl methyl sites for hydroxylation is 1. The summed E-state index contributed by atoms with van der Waals surface area (Å²) in [6, 6.07) is 9.96. The third kappa shape index (κ3) is 2.17. The van der Waals surface area contributed by atoms with E-state index in [1.807, 2.05) is 38.1 Å². The fraction of sp³-hybridized carbons (Fsp3) is 0.200. The lowest BCUT2D eigenvalue weighted by molar-refractivity contribution is 0.341. The molecule has 0 aliphatic carbocycles. The Morgan fingerprint density at radius 2 is 2.16 bits per heavy atom. The van der Waals surface area contributed by atoms with Crippen LogP contribution in [0.2, 0.25) is 0 Å². The fourth-order valence-electron chi connectivity index (χ4n) is 2.07. The van der Waals surface area contributed by atoms with E-state index in [1.54, 1.807) is 6.20 Å². The van der Waals surface area contributed by atoms with Gasteiger partial charge in [0.25, 0.3) is 0 Å². The van der Waals surface area contributed by atoms with E-state index in [9.17, 15) is 0 Å². The fourth-order valence-corrected chi connectivity index (χ4v) is 2.07. The largest absolute Gasteiger partial charge is 0.493 e. The van der Waals surface area contributed by atoms with Crippen molar-refractivity contribution in [1.82, 2.24) is 15.0 Å². The molecule has 4 heteroatoms. The number of nitrogens with zero attached hydrogens (tertiary/aromatic N) is 2. The van der Waals surface area contributed by atoms with Gasteiger partial charge in [0.2, 0.25) is 0 Å². The molecule has 3 rings (SSSR count). The summed E-state index contributed by atoms with van der Waals surface area (Å²) in [5, 5.41) is 0. The van der Waals surface area contributed by atoms with E-state index < -0.39 is 0 Å². The molecule has 2 heterocycles. The second kappa shape index (κ2) is 4.72. The molecule has 0 aliphatic heterocycles. The van der Waals surface area contributed by atoms with E-state index in [1.165, 1.54) is 5.56 Å². The first-order valence-electron chi connectivity index (χ1n) is 6.32. The molecular weight excluding hydrogens is 238 g/mol. The van der Waals surface area contributed by atoms with Crippen LogP contribution in [0.3, 0.4) is 0 Å². The number of aromatic amines is 1. The summed E-state index contributed by atoms with van der Waals surface area (Å²) >= 11 is 0. The zero-order valence-corrected chi connectivity index (χ0v) is 11.0. The van der Waals surface area contributed by atoms with Crippen LogP contribution < -0.4 is 4.74 Å². The predicted molar refractivity (Wildman–Crippen MR) is 75.2 cm³/mol. The number of H-pyrrole nitrogens is 1. The summed E-state index contributed by atoms with van der Waals surface area (Å²) in [4.78, 5) is 12.0. The Bertz CT molecular complexity index is 685. The molecule has 0 radical (unpaired) electrons. The molecule has 0 unspecified atom stereocenters. The first-order valence-corrected chi connectivity index (χ1v) is 6.32. The summed E-state index contributed by atoms with van der Waals surface area (Å²) in [5.74, 6) is 1.64. The van der Waals surface area contributed by atoms with Gasteiger partial charge >= 0.3 is 0 Å². The molecular formula is C15H15N3O. The zero-order valence-electron chi connectivity index (χ0n) is 11.0. The average molecular weight is 253 g/mol. The third-order valence-corrected chi connectivity index (χ3v) is 2.95. The molecule has 0 aliphatic rings. The second-order valence-corrected chi connectivity index (χ2v) is 4.39. The summed E-state index contributed by atoms with van der Waals surface area (Å²) in [6.45, 7) is 4.66. The molecule has 0 saturated heterocycles. The normalized spacial score (nSPS) is 10.8. The molecule has 4 nitrogen and oxygen atoms in total. The van der Waals surface area contributed by atoms with E-state index >= 15 is 0 Å². The Hall–Kier alpha value is -2.36. The van der Waals surface area contributed by atoms with Crippen molar-refractivity contribution in [3.05, 3.63) is 42.1 Å². The van der Waals surface area contributed by atoms with Gasteiger partial charge in [0.05, 0.1) is 17.7 Å². The number of imidazole rings is 1. The number of hydrogen-bond donors (Lipinski definition) is 1. The molecule has 3 aromatic rings. The zero-order chi connectivity index (χ0) is 13.2. The van der Waals surface area contributed by atoms with Crippen LogP contribution >= 0.6 is 0 Å². The van der Waals surface area contributed by atoms with Crippen molar-refractivity contribution in [2.75, 3.05) is 6.61 Å². The summed E-state index contributed by atoms with van der Waals surface area (Å²) in [6.07, 6.45) is 1.74. The minimum absolute atomic E-state index is 0.634. The lowest BCUT2D eigenvalue weighted by atomic mass is 10.1. The maximum absolute atomic E-state index is 5.69. The van der Waals surface area contributed by atoms with Gasteiger partial charge in [0, 0.05) is 6.20 Å². The Morgan fingerprint density at radius 1 is 1.26 bits per heavy atom. The number of aromatic nitrogens is 3. The maximum Gasteiger partial charge on any atom is 0.178 e. The minimum atomic E-state index is 0.634. The van der Waals surface area contributed by atoms with Crippen LogP contribution in [-0.2, 0) is 0 Å². The number of nitrogens with one attached hydrogen (secondary N) is 1. The van der Waals surface area contributed by atoms with Crippen molar-refractivity contribution in [3.63, 3.8) is 0 Å². The molecule has 0 amide bonds. The van der Waals surface area contributed by atoms with Crippen LogP contribution in [0.5, 0.6) is 5.75 Å². The lowest BCUT2D eigenvalue weighted by Gasteiger charge is -2.08.